The second-order valence-electron chi connectivity index (χ2n) is 4.83. The Bertz CT molecular complexity index is 665. The standard InChI is InChI=1S/C17H17ClO3/c1-11-4-6-14(17(8-11)20-3)16(19)10-21-13-5-7-15(18)12(2)9-13/h4-9H,10H2,1-3H3. The van der Waals surface area contributed by atoms with Crippen molar-refractivity contribution in [3.8, 4) is 11.5 Å². The molecule has 0 atom stereocenters. The molecule has 0 aromatic heterocycles. The molecule has 0 heterocycles. The van der Waals surface area contributed by atoms with Gasteiger partial charge in [-0.2, -0.15) is 0 Å². The number of hydrogen-bond acceptors (Lipinski definition) is 3. The number of Topliss-reactive ketones (excluding diaryl/α,β-unsaturated/α-hetero) is 1. The highest BCUT2D eigenvalue weighted by Crippen LogP contribution is 2.23. The van der Waals surface area contributed by atoms with Crippen LogP contribution in [0.3, 0.4) is 0 Å². The number of carbonyl (C=O) groups is 1. The topological polar surface area (TPSA) is 35.5 Å². The van der Waals surface area contributed by atoms with Crippen LogP contribution in [0, 0.1) is 13.8 Å². The first-order valence-electron chi connectivity index (χ1n) is 6.58. The molecule has 0 saturated heterocycles. The summed E-state index contributed by atoms with van der Waals surface area (Å²) in [7, 11) is 1.55. The van der Waals surface area contributed by atoms with Crippen LogP contribution in [-0.2, 0) is 0 Å². The third-order valence-corrected chi connectivity index (χ3v) is 3.58. The van der Waals surface area contributed by atoms with Crippen LogP contribution >= 0.6 is 11.6 Å². The van der Waals surface area contributed by atoms with Crippen molar-refractivity contribution in [3.05, 3.63) is 58.1 Å². The van der Waals surface area contributed by atoms with Crippen LogP contribution < -0.4 is 9.47 Å². The van der Waals surface area contributed by atoms with Gasteiger partial charge in [-0.25, -0.2) is 0 Å². The van der Waals surface area contributed by atoms with Gasteiger partial charge in [0.05, 0.1) is 12.7 Å². The van der Waals surface area contributed by atoms with E-state index in [2.05, 4.69) is 0 Å². The van der Waals surface area contributed by atoms with E-state index in [0.717, 1.165) is 11.1 Å². The van der Waals surface area contributed by atoms with Crippen molar-refractivity contribution >= 4 is 17.4 Å². The molecule has 21 heavy (non-hydrogen) atoms. The fraction of sp³-hybridized carbons (Fsp3) is 0.235. The second kappa shape index (κ2) is 6.64. The molecule has 3 nitrogen and oxygen atoms in total. The van der Waals surface area contributed by atoms with Gasteiger partial charge in [-0.15, -0.1) is 0 Å². The van der Waals surface area contributed by atoms with Crippen molar-refractivity contribution < 1.29 is 14.3 Å². The lowest BCUT2D eigenvalue weighted by atomic mass is 10.1. The zero-order chi connectivity index (χ0) is 15.4. The van der Waals surface area contributed by atoms with Crippen molar-refractivity contribution in [2.75, 3.05) is 13.7 Å². The molecular weight excluding hydrogens is 288 g/mol. The molecule has 2 aromatic rings. The van der Waals surface area contributed by atoms with Gasteiger partial charge in [0.15, 0.2) is 6.61 Å². The van der Waals surface area contributed by atoms with Crippen molar-refractivity contribution in [1.29, 1.82) is 0 Å². The molecular formula is C17H17ClO3. The maximum atomic E-state index is 12.2. The molecule has 0 fully saturated rings. The predicted octanol–water partition coefficient (Wildman–Crippen LogP) is 4.23. The summed E-state index contributed by atoms with van der Waals surface area (Å²) in [5, 5.41) is 0.675. The first-order valence-corrected chi connectivity index (χ1v) is 6.96. The summed E-state index contributed by atoms with van der Waals surface area (Å²) >= 11 is 5.95. The van der Waals surface area contributed by atoms with E-state index in [1.165, 1.54) is 0 Å². The number of aryl methyl sites for hydroxylation is 2. The average Bonchev–Trinajstić information content (AvgIpc) is 2.48. The number of methoxy groups -OCH3 is 1. The Labute approximate surface area is 129 Å². The molecule has 0 amide bonds. The normalized spacial score (nSPS) is 10.3. The van der Waals surface area contributed by atoms with Crippen molar-refractivity contribution in [1.82, 2.24) is 0 Å². The van der Waals surface area contributed by atoms with Gasteiger partial charge in [-0.05, 0) is 55.3 Å². The van der Waals surface area contributed by atoms with E-state index in [1.807, 2.05) is 32.0 Å². The van der Waals surface area contributed by atoms with Gasteiger partial charge in [-0.1, -0.05) is 17.7 Å². The predicted molar refractivity (Wildman–Crippen MR) is 83.7 cm³/mol. The molecule has 0 aliphatic carbocycles. The second-order valence-corrected chi connectivity index (χ2v) is 5.23. The summed E-state index contributed by atoms with van der Waals surface area (Å²) in [5.41, 5.74) is 2.47. The first kappa shape index (κ1) is 15.4. The fourth-order valence-corrected chi connectivity index (χ4v) is 2.08. The van der Waals surface area contributed by atoms with Gasteiger partial charge in [0.2, 0.25) is 5.78 Å². The van der Waals surface area contributed by atoms with Gasteiger partial charge in [-0.3, -0.25) is 4.79 Å². The Morgan fingerprint density at radius 3 is 2.57 bits per heavy atom. The largest absolute Gasteiger partial charge is 0.496 e. The monoisotopic (exact) mass is 304 g/mol. The van der Waals surface area contributed by atoms with Crippen LogP contribution in [0.1, 0.15) is 21.5 Å². The van der Waals surface area contributed by atoms with Crippen LogP contribution in [0.5, 0.6) is 11.5 Å². The number of halogens is 1. The van der Waals surface area contributed by atoms with Gasteiger partial charge < -0.3 is 9.47 Å². The highest BCUT2D eigenvalue weighted by molar-refractivity contribution is 6.31. The van der Waals surface area contributed by atoms with Crippen LogP contribution in [0.25, 0.3) is 0 Å². The summed E-state index contributed by atoms with van der Waals surface area (Å²) in [6.45, 7) is 3.80. The SMILES string of the molecule is COc1cc(C)ccc1C(=O)COc1ccc(Cl)c(C)c1. The highest BCUT2D eigenvalue weighted by Gasteiger charge is 2.13. The summed E-state index contributed by atoms with van der Waals surface area (Å²) in [4.78, 5) is 12.2. The Balaban J connectivity index is 2.09. The molecule has 0 saturated carbocycles. The van der Waals surface area contributed by atoms with Crippen LogP contribution in [-0.4, -0.2) is 19.5 Å². The van der Waals surface area contributed by atoms with Crippen LogP contribution in [0.2, 0.25) is 5.02 Å². The van der Waals surface area contributed by atoms with Crippen LogP contribution in [0.4, 0.5) is 0 Å². The fourth-order valence-electron chi connectivity index (χ4n) is 1.96. The van der Waals surface area contributed by atoms with Crippen molar-refractivity contribution in [2.45, 2.75) is 13.8 Å². The third kappa shape index (κ3) is 3.76. The van der Waals surface area contributed by atoms with Gasteiger partial charge in [0.1, 0.15) is 11.5 Å². The quantitative estimate of drug-likeness (QED) is 0.776. The maximum absolute atomic E-state index is 12.2. The van der Waals surface area contributed by atoms with E-state index < -0.39 is 0 Å². The van der Waals surface area contributed by atoms with Crippen molar-refractivity contribution in [2.24, 2.45) is 0 Å². The molecule has 0 unspecified atom stereocenters. The molecule has 2 rings (SSSR count). The minimum Gasteiger partial charge on any atom is -0.496 e. The van der Waals surface area contributed by atoms with Gasteiger partial charge in [0, 0.05) is 5.02 Å². The molecule has 0 aliphatic rings. The number of ether oxygens (including phenoxy) is 2. The Hall–Kier alpha value is -2.00. The molecule has 0 aliphatic heterocycles. The number of rotatable bonds is 5. The molecule has 4 heteroatoms. The number of ketones is 1. The zero-order valence-corrected chi connectivity index (χ0v) is 13.0. The molecule has 0 radical (unpaired) electrons. The maximum Gasteiger partial charge on any atom is 0.203 e. The summed E-state index contributed by atoms with van der Waals surface area (Å²) in [5.74, 6) is 1.06. The zero-order valence-electron chi connectivity index (χ0n) is 12.3. The van der Waals surface area contributed by atoms with E-state index in [9.17, 15) is 4.79 Å². The van der Waals surface area contributed by atoms with E-state index in [-0.39, 0.29) is 12.4 Å². The summed E-state index contributed by atoms with van der Waals surface area (Å²) in [6.07, 6.45) is 0. The number of hydrogen-bond donors (Lipinski definition) is 0. The third-order valence-electron chi connectivity index (χ3n) is 3.16. The molecule has 0 bridgehead atoms. The minimum atomic E-state index is -0.126. The highest BCUT2D eigenvalue weighted by atomic mass is 35.5. The van der Waals surface area contributed by atoms with E-state index in [1.54, 1.807) is 25.3 Å². The Morgan fingerprint density at radius 2 is 1.90 bits per heavy atom. The smallest absolute Gasteiger partial charge is 0.203 e. The molecule has 2 aromatic carbocycles. The number of benzene rings is 2. The Kier molecular flexibility index (Phi) is 4.86. The lowest BCUT2D eigenvalue weighted by Gasteiger charge is -2.10. The van der Waals surface area contributed by atoms with E-state index in [0.29, 0.717) is 22.1 Å². The number of carbonyl (C=O) groups excluding carboxylic acids is 1. The first-order chi connectivity index (χ1) is 10.0. The summed E-state index contributed by atoms with van der Waals surface area (Å²) < 4.78 is 10.8. The lowest BCUT2D eigenvalue weighted by molar-refractivity contribution is 0.0918. The molecule has 0 N–H and O–H groups in total. The summed E-state index contributed by atoms with van der Waals surface area (Å²) in [6, 6.07) is 10.8. The molecule has 110 valence electrons. The van der Waals surface area contributed by atoms with E-state index in [4.69, 9.17) is 21.1 Å². The van der Waals surface area contributed by atoms with E-state index >= 15 is 0 Å². The van der Waals surface area contributed by atoms with Crippen molar-refractivity contribution in [3.63, 3.8) is 0 Å². The average molecular weight is 305 g/mol. The minimum absolute atomic E-state index is 0.0412. The van der Waals surface area contributed by atoms with Crippen LogP contribution in [0.15, 0.2) is 36.4 Å². The lowest BCUT2D eigenvalue weighted by Crippen LogP contribution is -2.13. The van der Waals surface area contributed by atoms with Gasteiger partial charge in [0.25, 0.3) is 0 Å². The Morgan fingerprint density at radius 1 is 1.14 bits per heavy atom. The molecule has 0 spiro atoms. The van der Waals surface area contributed by atoms with Gasteiger partial charge >= 0.3 is 0 Å².